The number of ether oxygens (including phenoxy) is 1. The zero-order valence-corrected chi connectivity index (χ0v) is 34.9. The van der Waals surface area contributed by atoms with Crippen molar-refractivity contribution in [3.8, 4) is 67.8 Å². The Morgan fingerprint density at radius 1 is 0.369 bits per heavy atom. The lowest BCUT2D eigenvalue weighted by molar-refractivity contribution is 0.436. The van der Waals surface area contributed by atoms with Crippen LogP contribution in [0.3, 0.4) is 0 Å². The Morgan fingerprint density at radius 2 is 1.00 bits per heavy atom. The number of furan rings is 1. The van der Waals surface area contributed by atoms with E-state index in [0.29, 0.717) is 5.82 Å². The number of para-hydroxylation sites is 4. The zero-order valence-electron chi connectivity index (χ0n) is 34.9. The van der Waals surface area contributed by atoms with Crippen LogP contribution in [0.4, 0.5) is 0 Å². The van der Waals surface area contributed by atoms with Gasteiger partial charge in [-0.15, -0.1) is 0 Å². The summed E-state index contributed by atoms with van der Waals surface area (Å²) in [5.41, 5.74) is 15.7. The number of benzene rings is 9. The van der Waals surface area contributed by atoms with Crippen molar-refractivity contribution in [2.75, 3.05) is 0 Å². The summed E-state index contributed by atoms with van der Waals surface area (Å²) in [5, 5.41) is 5.49. The third-order valence-electron chi connectivity index (χ3n) is 13.5. The highest BCUT2D eigenvalue weighted by Crippen LogP contribution is 2.63. The van der Waals surface area contributed by atoms with Crippen molar-refractivity contribution in [1.82, 2.24) is 15.0 Å². The molecule has 1 spiro atoms. The summed E-state index contributed by atoms with van der Waals surface area (Å²) < 4.78 is 13.0. The fraction of sp³-hybridized carbons (Fsp3) is 0.0167. The SMILES string of the molecule is c1ccc(-c2nc(-c3cccc(-c4nc5ccccc5c5c6c(ccc45)C4(c5ccccc5Oc5ccccc54)c4ccccc4-6)c3)cc(-c3cccc4oc5ccccc5c34)n2)cc1. The summed E-state index contributed by atoms with van der Waals surface area (Å²) in [6, 6.07) is 74.6. The molecule has 0 amide bonds. The van der Waals surface area contributed by atoms with Crippen molar-refractivity contribution in [3.63, 3.8) is 0 Å². The molecule has 0 saturated heterocycles. The zero-order chi connectivity index (χ0) is 42.6. The first kappa shape index (κ1) is 35.9. The lowest BCUT2D eigenvalue weighted by atomic mass is 9.66. The molecule has 0 bridgehead atoms. The first-order valence-electron chi connectivity index (χ1n) is 22.0. The Morgan fingerprint density at radius 3 is 1.85 bits per heavy atom. The molecule has 0 unspecified atom stereocenters. The summed E-state index contributed by atoms with van der Waals surface area (Å²) in [7, 11) is 0. The molecule has 3 aromatic heterocycles. The van der Waals surface area contributed by atoms with E-state index in [1.807, 2.05) is 42.5 Å². The Balaban J connectivity index is 1.01. The van der Waals surface area contributed by atoms with Gasteiger partial charge in [-0.3, -0.25) is 0 Å². The molecule has 12 aromatic rings. The number of pyridine rings is 1. The van der Waals surface area contributed by atoms with Crippen LogP contribution in [0.15, 0.2) is 217 Å². The Bertz CT molecular complexity index is 3900. The third-order valence-corrected chi connectivity index (χ3v) is 13.5. The Kier molecular flexibility index (Phi) is 7.54. The molecule has 5 nitrogen and oxygen atoms in total. The first-order valence-corrected chi connectivity index (χ1v) is 22.0. The van der Waals surface area contributed by atoms with Crippen molar-refractivity contribution in [2.45, 2.75) is 5.41 Å². The molecule has 5 heteroatoms. The normalized spacial score (nSPS) is 13.2. The van der Waals surface area contributed by atoms with Crippen LogP contribution in [0.5, 0.6) is 11.5 Å². The van der Waals surface area contributed by atoms with Crippen molar-refractivity contribution in [3.05, 3.63) is 235 Å². The predicted molar refractivity (Wildman–Crippen MR) is 261 cm³/mol. The minimum atomic E-state index is -0.579. The highest BCUT2D eigenvalue weighted by molar-refractivity contribution is 6.20. The molecule has 0 radical (unpaired) electrons. The molecule has 0 saturated carbocycles. The van der Waals surface area contributed by atoms with Gasteiger partial charge in [-0.05, 0) is 64.7 Å². The van der Waals surface area contributed by atoms with Gasteiger partial charge >= 0.3 is 0 Å². The topological polar surface area (TPSA) is 61.0 Å². The van der Waals surface area contributed by atoms with Gasteiger partial charge in [-0.2, -0.15) is 0 Å². The summed E-state index contributed by atoms with van der Waals surface area (Å²) >= 11 is 0. The largest absolute Gasteiger partial charge is 0.457 e. The third kappa shape index (κ3) is 5.12. The minimum absolute atomic E-state index is 0.579. The van der Waals surface area contributed by atoms with E-state index >= 15 is 0 Å². The smallest absolute Gasteiger partial charge is 0.160 e. The highest BCUT2D eigenvalue weighted by Gasteiger charge is 2.51. The number of aromatic nitrogens is 3. The summed E-state index contributed by atoms with van der Waals surface area (Å²) in [5.74, 6) is 2.41. The van der Waals surface area contributed by atoms with Crippen LogP contribution in [0.1, 0.15) is 22.3 Å². The van der Waals surface area contributed by atoms with E-state index in [1.54, 1.807) is 0 Å². The molecular formula is C60H35N3O2. The second-order valence-corrected chi connectivity index (χ2v) is 17.0. The number of rotatable bonds is 4. The molecule has 14 rings (SSSR count). The van der Waals surface area contributed by atoms with Gasteiger partial charge in [0.05, 0.1) is 28.0 Å². The van der Waals surface area contributed by atoms with Gasteiger partial charge in [0, 0.05) is 60.3 Å². The molecule has 1 aliphatic heterocycles. The molecule has 0 N–H and O–H groups in total. The molecule has 302 valence electrons. The van der Waals surface area contributed by atoms with Crippen LogP contribution >= 0.6 is 0 Å². The minimum Gasteiger partial charge on any atom is -0.457 e. The standard InChI is InChI=1S/C60H35N3O2/c1-2-16-36(17-3-1)59-62-49(35-50(63-59)41-23-15-31-54-55(41)42-22-6-11-28-51(42)64-54)37-18-14-19-38(34-37)58-43-32-33-47-57(56(43)40-21-5-10-27-48(40)61-58)39-20-4-7-24-44(39)60(47)45-25-8-12-29-52(45)65-53-30-13-9-26-46(53)60/h1-35H. The van der Waals surface area contributed by atoms with Crippen molar-refractivity contribution in [1.29, 1.82) is 0 Å². The Labute approximate surface area is 373 Å². The molecular weight excluding hydrogens is 795 g/mol. The summed E-state index contributed by atoms with van der Waals surface area (Å²) in [4.78, 5) is 16.0. The average Bonchev–Trinajstić information content (AvgIpc) is 3.90. The maximum absolute atomic E-state index is 6.65. The van der Waals surface area contributed by atoms with Crippen LogP contribution in [-0.2, 0) is 5.41 Å². The monoisotopic (exact) mass is 829 g/mol. The maximum atomic E-state index is 6.65. The summed E-state index contributed by atoms with van der Waals surface area (Å²) in [6.07, 6.45) is 0. The quantitative estimate of drug-likeness (QED) is 0.165. The lowest BCUT2D eigenvalue weighted by Crippen LogP contribution is -2.32. The van der Waals surface area contributed by atoms with Crippen LogP contribution < -0.4 is 4.74 Å². The van der Waals surface area contributed by atoms with Crippen LogP contribution in [-0.4, -0.2) is 15.0 Å². The van der Waals surface area contributed by atoms with Gasteiger partial charge < -0.3 is 9.15 Å². The van der Waals surface area contributed by atoms with Gasteiger partial charge in [0.25, 0.3) is 0 Å². The van der Waals surface area contributed by atoms with Crippen LogP contribution in [0.2, 0.25) is 0 Å². The molecule has 4 heterocycles. The Hall–Kier alpha value is -8.67. The van der Waals surface area contributed by atoms with Crippen molar-refractivity contribution < 1.29 is 9.15 Å². The molecule has 2 aliphatic rings. The van der Waals surface area contributed by atoms with Crippen LogP contribution in [0.25, 0.3) is 99.9 Å². The average molecular weight is 830 g/mol. The van der Waals surface area contributed by atoms with E-state index in [-0.39, 0.29) is 0 Å². The van der Waals surface area contributed by atoms with Crippen molar-refractivity contribution in [2.24, 2.45) is 0 Å². The molecule has 0 fully saturated rings. The predicted octanol–water partition coefficient (Wildman–Crippen LogP) is 15.2. The fourth-order valence-corrected chi connectivity index (χ4v) is 10.9. The highest BCUT2D eigenvalue weighted by atomic mass is 16.5. The van der Waals surface area contributed by atoms with E-state index in [9.17, 15) is 0 Å². The van der Waals surface area contributed by atoms with E-state index in [4.69, 9.17) is 24.1 Å². The van der Waals surface area contributed by atoms with Crippen LogP contribution in [0, 0.1) is 0 Å². The van der Waals surface area contributed by atoms with Gasteiger partial charge in [-0.1, -0.05) is 170 Å². The molecule has 9 aromatic carbocycles. The maximum Gasteiger partial charge on any atom is 0.160 e. The van der Waals surface area contributed by atoms with E-state index in [1.165, 1.54) is 27.6 Å². The van der Waals surface area contributed by atoms with E-state index < -0.39 is 5.41 Å². The van der Waals surface area contributed by atoms with Gasteiger partial charge in [0.1, 0.15) is 22.7 Å². The van der Waals surface area contributed by atoms with E-state index in [2.05, 4.69) is 170 Å². The van der Waals surface area contributed by atoms with E-state index in [0.717, 1.165) is 100 Å². The summed E-state index contributed by atoms with van der Waals surface area (Å²) in [6.45, 7) is 0. The number of hydrogen-bond donors (Lipinski definition) is 0. The second-order valence-electron chi connectivity index (χ2n) is 17.0. The molecule has 65 heavy (non-hydrogen) atoms. The first-order chi connectivity index (χ1) is 32.2. The van der Waals surface area contributed by atoms with Gasteiger partial charge in [-0.25, -0.2) is 15.0 Å². The molecule has 1 aliphatic carbocycles. The lowest BCUT2D eigenvalue weighted by Gasteiger charge is -2.39. The molecule has 0 atom stereocenters. The second kappa shape index (κ2) is 13.7. The number of nitrogens with zero attached hydrogens (tertiary/aromatic N) is 3. The number of hydrogen-bond acceptors (Lipinski definition) is 5. The number of fused-ring (bicyclic) bond motifs is 16. The van der Waals surface area contributed by atoms with Gasteiger partial charge in [0.2, 0.25) is 0 Å². The van der Waals surface area contributed by atoms with Gasteiger partial charge in [0.15, 0.2) is 5.82 Å². The fourth-order valence-electron chi connectivity index (χ4n) is 10.9. The van der Waals surface area contributed by atoms with Crippen molar-refractivity contribution >= 4 is 43.6 Å².